The number of aromatic nitrogens is 2. The zero-order valence-corrected chi connectivity index (χ0v) is 12.1. The Bertz CT molecular complexity index is 704. The normalized spacial score (nSPS) is 11.1. The summed E-state index contributed by atoms with van der Waals surface area (Å²) in [5.41, 5.74) is 2.23. The van der Waals surface area contributed by atoms with E-state index in [1.807, 2.05) is 42.5 Å². The van der Waals surface area contributed by atoms with Crippen molar-refractivity contribution >= 4 is 34.4 Å². The van der Waals surface area contributed by atoms with Gasteiger partial charge in [0.1, 0.15) is 5.82 Å². The highest BCUT2D eigenvalue weighted by atomic mass is 35.5. The van der Waals surface area contributed by atoms with Gasteiger partial charge in [0, 0.05) is 17.0 Å². The zero-order chi connectivity index (χ0) is 13.2. The molecule has 0 saturated carbocycles. The van der Waals surface area contributed by atoms with Crippen molar-refractivity contribution in [1.29, 1.82) is 0 Å². The van der Waals surface area contributed by atoms with Crippen LogP contribution in [0.2, 0.25) is 5.02 Å². The molecule has 0 aliphatic rings. The standard InChI is InChI=1S/C15H13ClN2S/c1-18-14-5-3-2-4-13(14)17-15(18)10-19-12-8-6-11(16)7-9-12/h2-9H,10H2,1H3. The first-order valence-electron chi connectivity index (χ1n) is 6.03. The Morgan fingerprint density at radius 2 is 1.84 bits per heavy atom. The molecule has 0 bridgehead atoms. The first-order valence-corrected chi connectivity index (χ1v) is 7.39. The van der Waals surface area contributed by atoms with Gasteiger partial charge in [0.15, 0.2) is 0 Å². The molecule has 0 radical (unpaired) electrons. The highest BCUT2D eigenvalue weighted by Gasteiger charge is 2.07. The Kier molecular flexibility index (Phi) is 3.49. The molecule has 0 aliphatic heterocycles. The number of hydrogen-bond donors (Lipinski definition) is 0. The molecule has 2 nitrogen and oxygen atoms in total. The summed E-state index contributed by atoms with van der Waals surface area (Å²) in [4.78, 5) is 5.87. The summed E-state index contributed by atoms with van der Waals surface area (Å²) in [5.74, 6) is 1.94. The minimum absolute atomic E-state index is 0.770. The molecular formula is C15H13ClN2S. The fourth-order valence-corrected chi connectivity index (χ4v) is 3.01. The predicted octanol–water partition coefficient (Wildman–Crippen LogP) is 4.52. The van der Waals surface area contributed by atoms with Crippen molar-refractivity contribution in [2.45, 2.75) is 10.6 Å². The average molecular weight is 289 g/mol. The smallest absolute Gasteiger partial charge is 0.120 e. The molecule has 1 aromatic heterocycles. The molecule has 96 valence electrons. The molecule has 0 spiro atoms. The van der Waals surface area contributed by atoms with Gasteiger partial charge in [-0.2, -0.15) is 0 Å². The lowest BCUT2D eigenvalue weighted by Crippen LogP contribution is -1.95. The van der Waals surface area contributed by atoms with Crippen LogP contribution in [0.4, 0.5) is 0 Å². The summed E-state index contributed by atoms with van der Waals surface area (Å²) >= 11 is 7.65. The van der Waals surface area contributed by atoms with Crippen molar-refractivity contribution in [3.8, 4) is 0 Å². The monoisotopic (exact) mass is 288 g/mol. The Hall–Kier alpha value is -1.45. The zero-order valence-electron chi connectivity index (χ0n) is 10.5. The minimum Gasteiger partial charge on any atom is -0.330 e. The largest absolute Gasteiger partial charge is 0.330 e. The Labute approximate surface area is 121 Å². The molecule has 0 fully saturated rings. The van der Waals surface area contributed by atoms with Gasteiger partial charge < -0.3 is 4.57 Å². The van der Waals surface area contributed by atoms with Gasteiger partial charge in [0.25, 0.3) is 0 Å². The summed E-state index contributed by atoms with van der Waals surface area (Å²) in [6.07, 6.45) is 0. The van der Waals surface area contributed by atoms with Crippen LogP contribution in [0.25, 0.3) is 11.0 Å². The van der Waals surface area contributed by atoms with Crippen molar-refractivity contribution in [2.24, 2.45) is 7.05 Å². The number of aryl methyl sites for hydroxylation is 1. The van der Waals surface area contributed by atoms with Crippen LogP contribution in [-0.2, 0) is 12.8 Å². The Morgan fingerprint density at radius 1 is 1.11 bits per heavy atom. The van der Waals surface area contributed by atoms with E-state index in [1.165, 1.54) is 10.4 Å². The van der Waals surface area contributed by atoms with E-state index in [-0.39, 0.29) is 0 Å². The molecule has 0 N–H and O–H groups in total. The van der Waals surface area contributed by atoms with E-state index >= 15 is 0 Å². The van der Waals surface area contributed by atoms with Crippen molar-refractivity contribution < 1.29 is 0 Å². The van der Waals surface area contributed by atoms with Crippen LogP contribution in [0.1, 0.15) is 5.82 Å². The van der Waals surface area contributed by atoms with Crippen LogP contribution in [0, 0.1) is 0 Å². The minimum atomic E-state index is 0.770. The number of fused-ring (bicyclic) bond motifs is 1. The summed E-state index contributed by atoms with van der Waals surface area (Å²) in [6.45, 7) is 0. The highest BCUT2D eigenvalue weighted by Crippen LogP contribution is 2.25. The van der Waals surface area contributed by atoms with Gasteiger partial charge in [-0.3, -0.25) is 0 Å². The molecule has 19 heavy (non-hydrogen) atoms. The van der Waals surface area contributed by atoms with Gasteiger partial charge >= 0.3 is 0 Å². The second kappa shape index (κ2) is 5.27. The molecule has 2 aromatic carbocycles. The lowest BCUT2D eigenvalue weighted by Gasteiger charge is -2.03. The van der Waals surface area contributed by atoms with E-state index in [2.05, 4.69) is 22.7 Å². The maximum atomic E-state index is 5.88. The summed E-state index contributed by atoms with van der Waals surface area (Å²) in [5, 5.41) is 0.770. The van der Waals surface area contributed by atoms with Crippen LogP contribution in [0.5, 0.6) is 0 Å². The Morgan fingerprint density at radius 3 is 2.58 bits per heavy atom. The molecule has 3 rings (SSSR count). The molecule has 0 aliphatic carbocycles. The second-order valence-corrected chi connectivity index (χ2v) is 5.80. The van der Waals surface area contributed by atoms with Gasteiger partial charge in [-0.25, -0.2) is 4.98 Å². The van der Waals surface area contributed by atoms with Gasteiger partial charge in [-0.15, -0.1) is 11.8 Å². The van der Waals surface area contributed by atoms with Gasteiger partial charge in [0.05, 0.1) is 16.8 Å². The van der Waals surface area contributed by atoms with Crippen molar-refractivity contribution in [2.75, 3.05) is 0 Å². The van der Waals surface area contributed by atoms with Crippen molar-refractivity contribution in [3.63, 3.8) is 0 Å². The summed E-state index contributed by atoms with van der Waals surface area (Å²) < 4.78 is 2.15. The van der Waals surface area contributed by atoms with E-state index in [4.69, 9.17) is 11.6 Å². The van der Waals surface area contributed by atoms with Crippen molar-refractivity contribution in [3.05, 3.63) is 59.4 Å². The topological polar surface area (TPSA) is 17.8 Å². The first kappa shape index (κ1) is 12.6. The molecule has 0 unspecified atom stereocenters. The lowest BCUT2D eigenvalue weighted by molar-refractivity contribution is 0.876. The summed E-state index contributed by atoms with van der Waals surface area (Å²) in [6, 6.07) is 16.1. The van der Waals surface area contributed by atoms with Crippen LogP contribution >= 0.6 is 23.4 Å². The number of para-hydroxylation sites is 2. The van der Waals surface area contributed by atoms with Crippen LogP contribution in [0.15, 0.2) is 53.4 Å². The Balaban J connectivity index is 1.82. The van der Waals surface area contributed by atoms with E-state index in [0.29, 0.717) is 0 Å². The molecular weight excluding hydrogens is 276 g/mol. The third kappa shape index (κ3) is 2.62. The van der Waals surface area contributed by atoms with E-state index in [1.54, 1.807) is 11.8 Å². The van der Waals surface area contributed by atoms with E-state index < -0.39 is 0 Å². The SMILES string of the molecule is Cn1c(CSc2ccc(Cl)cc2)nc2ccccc21. The molecule has 1 heterocycles. The maximum Gasteiger partial charge on any atom is 0.120 e. The fourth-order valence-electron chi connectivity index (χ4n) is 2.00. The quantitative estimate of drug-likeness (QED) is 0.660. The predicted molar refractivity (Wildman–Crippen MR) is 81.7 cm³/mol. The number of halogens is 1. The molecule has 3 aromatic rings. The third-order valence-corrected chi connectivity index (χ3v) is 4.32. The van der Waals surface area contributed by atoms with E-state index in [9.17, 15) is 0 Å². The first-order chi connectivity index (χ1) is 9.24. The number of imidazole rings is 1. The van der Waals surface area contributed by atoms with Gasteiger partial charge in [0.2, 0.25) is 0 Å². The third-order valence-electron chi connectivity index (χ3n) is 3.06. The second-order valence-electron chi connectivity index (χ2n) is 4.32. The van der Waals surface area contributed by atoms with E-state index in [0.717, 1.165) is 22.1 Å². The highest BCUT2D eigenvalue weighted by molar-refractivity contribution is 7.98. The number of thioether (sulfide) groups is 1. The molecule has 0 saturated heterocycles. The van der Waals surface area contributed by atoms with Crippen molar-refractivity contribution in [1.82, 2.24) is 9.55 Å². The van der Waals surface area contributed by atoms with Crippen LogP contribution in [0.3, 0.4) is 0 Å². The number of benzene rings is 2. The van der Waals surface area contributed by atoms with Crippen LogP contribution in [-0.4, -0.2) is 9.55 Å². The number of rotatable bonds is 3. The van der Waals surface area contributed by atoms with Gasteiger partial charge in [-0.05, 0) is 36.4 Å². The number of hydrogen-bond acceptors (Lipinski definition) is 2. The average Bonchev–Trinajstić information content (AvgIpc) is 2.76. The van der Waals surface area contributed by atoms with Gasteiger partial charge in [-0.1, -0.05) is 23.7 Å². The maximum absolute atomic E-state index is 5.88. The fraction of sp³-hybridized carbons (Fsp3) is 0.133. The van der Waals surface area contributed by atoms with Crippen LogP contribution < -0.4 is 0 Å². The molecule has 0 atom stereocenters. The number of nitrogens with zero attached hydrogens (tertiary/aromatic N) is 2. The molecule has 0 amide bonds. The lowest BCUT2D eigenvalue weighted by atomic mass is 10.3. The molecule has 4 heteroatoms. The summed E-state index contributed by atoms with van der Waals surface area (Å²) in [7, 11) is 2.06.